The summed E-state index contributed by atoms with van der Waals surface area (Å²) in [4.78, 5) is 0.200. The number of aryl methyl sites for hydroxylation is 1. The lowest BCUT2D eigenvalue weighted by Gasteiger charge is -2.07. The van der Waals surface area contributed by atoms with Crippen molar-refractivity contribution in [2.24, 2.45) is 7.05 Å². The van der Waals surface area contributed by atoms with Gasteiger partial charge >= 0.3 is 0 Å². The summed E-state index contributed by atoms with van der Waals surface area (Å²) in [5.41, 5.74) is 1.90. The van der Waals surface area contributed by atoms with Gasteiger partial charge in [-0.15, -0.1) is 0 Å². The number of aromatic nitrogens is 1. The van der Waals surface area contributed by atoms with Crippen molar-refractivity contribution in [3.05, 3.63) is 54.2 Å². The fraction of sp³-hybridized carbons (Fsp3) is 0.222. The fourth-order valence-electron chi connectivity index (χ4n) is 2.73. The van der Waals surface area contributed by atoms with Crippen LogP contribution in [0, 0.1) is 0 Å². The number of methoxy groups -OCH3 is 2. The summed E-state index contributed by atoms with van der Waals surface area (Å²) in [6.45, 7) is 0.193. The Labute approximate surface area is 147 Å². The summed E-state index contributed by atoms with van der Waals surface area (Å²) in [7, 11) is 1.47. The van der Waals surface area contributed by atoms with Gasteiger partial charge in [-0.3, -0.25) is 0 Å². The zero-order chi connectivity index (χ0) is 18.0. The van der Waals surface area contributed by atoms with E-state index in [1.807, 2.05) is 36.0 Å². The molecule has 0 spiro atoms. The molecule has 1 N–H and O–H groups in total. The Morgan fingerprint density at radius 2 is 1.64 bits per heavy atom. The molecule has 25 heavy (non-hydrogen) atoms. The first-order valence-electron chi connectivity index (χ1n) is 7.70. The Balaban J connectivity index is 1.86. The van der Waals surface area contributed by atoms with Crippen molar-refractivity contribution >= 4 is 20.9 Å². The summed E-state index contributed by atoms with van der Waals surface area (Å²) in [6.07, 6.45) is 1.92. The van der Waals surface area contributed by atoms with Gasteiger partial charge in [-0.2, -0.15) is 0 Å². The lowest BCUT2D eigenvalue weighted by Crippen LogP contribution is -2.23. The Hall–Kier alpha value is -2.51. The maximum atomic E-state index is 12.5. The Kier molecular flexibility index (Phi) is 4.69. The first-order chi connectivity index (χ1) is 11.9. The Morgan fingerprint density at radius 3 is 2.28 bits per heavy atom. The maximum Gasteiger partial charge on any atom is 0.240 e. The van der Waals surface area contributed by atoms with E-state index >= 15 is 0 Å². The van der Waals surface area contributed by atoms with Crippen LogP contribution in [0.4, 0.5) is 0 Å². The number of hydrogen-bond acceptors (Lipinski definition) is 4. The minimum Gasteiger partial charge on any atom is -0.497 e. The van der Waals surface area contributed by atoms with Crippen molar-refractivity contribution in [2.75, 3.05) is 14.2 Å². The van der Waals surface area contributed by atoms with Gasteiger partial charge in [-0.25, -0.2) is 13.1 Å². The molecule has 0 radical (unpaired) electrons. The largest absolute Gasteiger partial charge is 0.497 e. The molecule has 6 nitrogen and oxygen atoms in total. The summed E-state index contributed by atoms with van der Waals surface area (Å²) in [5.74, 6) is 1.35. The van der Waals surface area contributed by atoms with Gasteiger partial charge in [0.15, 0.2) is 0 Å². The van der Waals surface area contributed by atoms with Crippen molar-refractivity contribution in [1.82, 2.24) is 9.29 Å². The predicted octanol–water partition coefficient (Wildman–Crippen LogP) is 2.67. The number of hydrogen-bond donors (Lipinski definition) is 1. The van der Waals surface area contributed by atoms with Crippen LogP contribution < -0.4 is 14.2 Å². The highest BCUT2D eigenvalue weighted by atomic mass is 32.2. The quantitative estimate of drug-likeness (QED) is 0.734. The molecule has 0 bridgehead atoms. The van der Waals surface area contributed by atoms with Crippen LogP contribution >= 0.6 is 0 Å². The molecule has 0 amide bonds. The van der Waals surface area contributed by atoms with Crippen LogP contribution in [0.3, 0.4) is 0 Å². The Bertz CT molecular complexity index is 992. The lowest BCUT2D eigenvalue weighted by atomic mass is 10.1. The first kappa shape index (κ1) is 17.3. The second-order valence-electron chi connectivity index (χ2n) is 5.65. The van der Waals surface area contributed by atoms with Gasteiger partial charge in [0.2, 0.25) is 10.0 Å². The molecule has 3 aromatic rings. The van der Waals surface area contributed by atoms with Crippen LogP contribution in [0.1, 0.15) is 5.56 Å². The summed E-state index contributed by atoms with van der Waals surface area (Å²) < 4.78 is 39.9. The molecule has 3 rings (SSSR count). The number of ether oxygens (including phenoxy) is 2. The molecule has 0 aliphatic carbocycles. The van der Waals surface area contributed by atoms with Crippen molar-refractivity contribution in [3.8, 4) is 11.5 Å². The van der Waals surface area contributed by atoms with Crippen LogP contribution in [0.15, 0.2) is 53.6 Å². The fourth-order valence-corrected chi connectivity index (χ4v) is 3.74. The van der Waals surface area contributed by atoms with E-state index in [2.05, 4.69) is 4.72 Å². The zero-order valence-corrected chi connectivity index (χ0v) is 15.1. The predicted molar refractivity (Wildman–Crippen MR) is 96.5 cm³/mol. The number of nitrogens with one attached hydrogen (secondary N) is 1. The topological polar surface area (TPSA) is 69.6 Å². The van der Waals surface area contributed by atoms with Crippen LogP contribution in [0.2, 0.25) is 0 Å². The van der Waals surface area contributed by atoms with Crippen molar-refractivity contribution in [1.29, 1.82) is 0 Å². The van der Waals surface area contributed by atoms with E-state index in [1.54, 1.807) is 19.2 Å². The molecule has 132 valence electrons. The number of rotatable bonds is 6. The van der Waals surface area contributed by atoms with Crippen LogP contribution in [-0.4, -0.2) is 27.2 Å². The number of sulfonamides is 1. The molecular formula is C18H20N2O4S. The second kappa shape index (κ2) is 6.78. The van der Waals surface area contributed by atoms with Gasteiger partial charge in [0.25, 0.3) is 0 Å². The van der Waals surface area contributed by atoms with E-state index in [4.69, 9.17) is 9.47 Å². The minimum atomic E-state index is -3.60. The van der Waals surface area contributed by atoms with Crippen LogP contribution in [-0.2, 0) is 23.6 Å². The van der Waals surface area contributed by atoms with Gasteiger partial charge in [0, 0.05) is 30.7 Å². The normalized spacial score (nSPS) is 11.6. The number of fused-ring (bicyclic) bond motifs is 1. The monoisotopic (exact) mass is 360 g/mol. The van der Waals surface area contributed by atoms with E-state index in [1.165, 1.54) is 19.2 Å². The van der Waals surface area contributed by atoms with Gasteiger partial charge in [0.05, 0.1) is 19.1 Å². The van der Waals surface area contributed by atoms with Crippen molar-refractivity contribution in [3.63, 3.8) is 0 Å². The van der Waals surface area contributed by atoms with E-state index < -0.39 is 10.0 Å². The number of benzene rings is 2. The highest BCUT2D eigenvalue weighted by Gasteiger charge is 2.16. The van der Waals surface area contributed by atoms with Gasteiger partial charge in [0.1, 0.15) is 11.5 Å². The number of nitrogens with zero attached hydrogens (tertiary/aromatic N) is 1. The summed E-state index contributed by atoms with van der Waals surface area (Å²) in [6, 6.07) is 12.0. The molecule has 0 fully saturated rings. The van der Waals surface area contributed by atoms with E-state index in [0.29, 0.717) is 5.75 Å². The standard InChI is InChI=1S/C18H20N2O4S/c1-20-12-13(17-10-15(24-3)6-9-18(17)20)11-19-25(21,22)16-7-4-14(23-2)5-8-16/h4-10,12,19H,11H2,1-3H3. The van der Waals surface area contributed by atoms with E-state index in [9.17, 15) is 8.42 Å². The van der Waals surface area contributed by atoms with Crippen molar-refractivity contribution in [2.45, 2.75) is 11.4 Å². The molecule has 7 heteroatoms. The van der Waals surface area contributed by atoms with Gasteiger partial charge in [-0.1, -0.05) is 0 Å². The average molecular weight is 360 g/mol. The third-order valence-corrected chi connectivity index (χ3v) is 5.52. The van der Waals surface area contributed by atoms with Crippen molar-refractivity contribution < 1.29 is 17.9 Å². The van der Waals surface area contributed by atoms with E-state index in [-0.39, 0.29) is 11.4 Å². The second-order valence-corrected chi connectivity index (χ2v) is 7.42. The summed E-state index contributed by atoms with van der Waals surface area (Å²) >= 11 is 0. The molecule has 0 saturated carbocycles. The Morgan fingerprint density at radius 1 is 1.00 bits per heavy atom. The third-order valence-electron chi connectivity index (χ3n) is 4.10. The molecule has 0 aliphatic rings. The highest BCUT2D eigenvalue weighted by molar-refractivity contribution is 7.89. The van der Waals surface area contributed by atoms with Crippen LogP contribution in [0.5, 0.6) is 11.5 Å². The zero-order valence-electron chi connectivity index (χ0n) is 14.3. The van der Waals surface area contributed by atoms with Gasteiger partial charge in [-0.05, 0) is 48.0 Å². The molecule has 1 heterocycles. The molecule has 2 aromatic carbocycles. The molecular weight excluding hydrogens is 340 g/mol. The summed E-state index contributed by atoms with van der Waals surface area (Å²) in [5, 5.41) is 0.958. The third kappa shape index (κ3) is 3.47. The SMILES string of the molecule is COc1ccc(S(=O)(=O)NCc2cn(C)c3ccc(OC)cc23)cc1. The van der Waals surface area contributed by atoms with Crippen LogP contribution in [0.25, 0.3) is 10.9 Å². The molecule has 0 aliphatic heterocycles. The van der Waals surface area contributed by atoms with Gasteiger partial charge < -0.3 is 14.0 Å². The molecule has 0 atom stereocenters. The molecule has 0 saturated heterocycles. The molecule has 1 aromatic heterocycles. The smallest absolute Gasteiger partial charge is 0.240 e. The first-order valence-corrected chi connectivity index (χ1v) is 9.18. The lowest BCUT2D eigenvalue weighted by molar-refractivity contribution is 0.414. The maximum absolute atomic E-state index is 12.5. The average Bonchev–Trinajstić information content (AvgIpc) is 2.95. The van der Waals surface area contributed by atoms with E-state index in [0.717, 1.165) is 22.2 Å². The highest BCUT2D eigenvalue weighted by Crippen LogP contribution is 2.26. The minimum absolute atomic E-state index is 0.193. The molecule has 0 unspecified atom stereocenters.